The minimum Gasteiger partial charge on any atom is -0.341 e. The van der Waals surface area contributed by atoms with Gasteiger partial charge >= 0.3 is 0 Å². The first kappa shape index (κ1) is 15.1. The third-order valence-electron chi connectivity index (χ3n) is 3.03. The molecule has 0 atom stereocenters. The highest BCUT2D eigenvalue weighted by atomic mass is 79.9. The average Bonchev–Trinajstić information content (AvgIpc) is 2.44. The molecule has 0 heterocycles. The van der Waals surface area contributed by atoms with Crippen molar-refractivity contribution in [3.05, 3.63) is 69.2 Å². The first-order valence-corrected chi connectivity index (χ1v) is 7.44. The number of carbonyl (C=O) groups excluding carboxylic acids is 1. The predicted molar refractivity (Wildman–Crippen MR) is 85.8 cm³/mol. The molecule has 0 aromatic heterocycles. The number of hydrogen-bond donors (Lipinski definition) is 0. The summed E-state index contributed by atoms with van der Waals surface area (Å²) in [4.78, 5) is 13.9. The molecule has 0 aliphatic heterocycles. The molecule has 104 valence electrons. The molecule has 0 saturated heterocycles. The van der Waals surface area contributed by atoms with Gasteiger partial charge in [-0.3, -0.25) is 4.79 Å². The normalized spacial score (nSPS) is 10.3. The molecule has 4 heteroatoms. The molecule has 0 saturated carbocycles. The molecule has 1 amide bonds. The summed E-state index contributed by atoms with van der Waals surface area (Å²) in [5.74, 6) is 0.0993. The summed E-state index contributed by atoms with van der Waals surface area (Å²) in [7, 11) is 1.82. The van der Waals surface area contributed by atoms with Crippen molar-refractivity contribution in [2.45, 2.75) is 13.0 Å². The molecule has 0 aliphatic rings. The van der Waals surface area contributed by atoms with Crippen LogP contribution in [0.15, 0.2) is 53.0 Å². The molecule has 2 aromatic carbocycles. The molecule has 0 spiro atoms. The van der Waals surface area contributed by atoms with Crippen molar-refractivity contribution in [1.29, 1.82) is 0 Å². The predicted octanol–water partition coefficient (Wildman–Crippen LogP) is 4.30. The van der Waals surface area contributed by atoms with E-state index >= 15 is 0 Å². The van der Waals surface area contributed by atoms with Crippen molar-refractivity contribution in [3.63, 3.8) is 0 Å². The lowest BCUT2D eigenvalue weighted by atomic mass is 10.1. The van der Waals surface area contributed by atoms with Gasteiger partial charge in [0.15, 0.2) is 0 Å². The average molecular weight is 353 g/mol. The van der Waals surface area contributed by atoms with Crippen LogP contribution in [0.4, 0.5) is 0 Å². The summed E-state index contributed by atoms with van der Waals surface area (Å²) >= 11 is 9.23. The van der Waals surface area contributed by atoms with Gasteiger partial charge in [-0.2, -0.15) is 0 Å². The maximum atomic E-state index is 12.2. The molecule has 2 nitrogen and oxygen atoms in total. The minimum absolute atomic E-state index is 0.0993. The topological polar surface area (TPSA) is 20.3 Å². The van der Waals surface area contributed by atoms with Crippen LogP contribution < -0.4 is 0 Å². The molecule has 0 fully saturated rings. The molecule has 2 rings (SSSR count). The van der Waals surface area contributed by atoms with E-state index in [0.717, 1.165) is 15.6 Å². The third kappa shape index (κ3) is 4.36. The highest BCUT2D eigenvalue weighted by Gasteiger charge is 2.10. The largest absolute Gasteiger partial charge is 0.341 e. The fraction of sp³-hybridized carbons (Fsp3) is 0.188. The molecule has 20 heavy (non-hydrogen) atoms. The summed E-state index contributed by atoms with van der Waals surface area (Å²) in [6.07, 6.45) is 0.414. The van der Waals surface area contributed by atoms with E-state index in [1.165, 1.54) is 0 Å². The van der Waals surface area contributed by atoms with Gasteiger partial charge in [-0.15, -0.1) is 0 Å². The number of hydrogen-bond acceptors (Lipinski definition) is 1. The van der Waals surface area contributed by atoms with E-state index < -0.39 is 0 Å². The number of halogens is 2. The van der Waals surface area contributed by atoms with Crippen LogP contribution in [0.2, 0.25) is 5.02 Å². The summed E-state index contributed by atoms with van der Waals surface area (Å²) in [5, 5.41) is 0.706. The zero-order valence-electron chi connectivity index (χ0n) is 11.1. The lowest BCUT2D eigenvalue weighted by Crippen LogP contribution is -2.27. The van der Waals surface area contributed by atoms with Crippen molar-refractivity contribution < 1.29 is 4.79 Å². The number of rotatable bonds is 4. The van der Waals surface area contributed by atoms with Gasteiger partial charge in [-0.25, -0.2) is 0 Å². The Morgan fingerprint density at radius 1 is 1.05 bits per heavy atom. The monoisotopic (exact) mass is 351 g/mol. The van der Waals surface area contributed by atoms with Crippen LogP contribution in [0.25, 0.3) is 0 Å². The van der Waals surface area contributed by atoms with Crippen LogP contribution >= 0.6 is 27.5 Å². The molecule has 0 aliphatic carbocycles. The first-order valence-electron chi connectivity index (χ1n) is 6.27. The van der Waals surface area contributed by atoms with Crippen molar-refractivity contribution in [2.75, 3.05) is 7.05 Å². The van der Waals surface area contributed by atoms with E-state index in [1.807, 2.05) is 55.6 Å². The van der Waals surface area contributed by atoms with Crippen LogP contribution in [-0.4, -0.2) is 17.9 Å². The van der Waals surface area contributed by atoms with Crippen LogP contribution in [0.1, 0.15) is 11.1 Å². The van der Waals surface area contributed by atoms with E-state index in [4.69, 9.17) is 11.6 Å². The highest BCUT2D eigenvalue weighted by molar-refractivity contribution is 9.10. The molecular formula is C16H15BrClNO. The quantitative estimate of drug-likeness (QED) is 0.803. The Kier molecular flexibility index (Phi) is 5.21. The maximum absolute atomic E-state index is 12.2. The second-order valence-corrected chi connectivity index (χ2v) is 6.03. The molecule has 2 aromatic rings. The summed E-state index contributed by atoms with van der Waals surface area (Å²) in [6, 6.07) is 15.4. The fourth-order valence-corrected chi connectivity index (χ4v) is 2.25. The second-order valence-electron chi connectivity index (χ2n) is 4.68. The van der Waals surface area contributed by atoms with Crippen molar-refractivity contribution >= 4 is 33.4 Å². The molecular weight excluding hydrogens is 338 g/mol. The molecule has 0 N–H and O–H groups in total. The van der Waals surface area contributed by atoms with Crippen molar-refractivity contribution in [2.24, 2.45) is 0 Å². The van der Waals surface area contributed by atoms with Gasteiger partial charge in [-0.1, -0.05) is 51.8 Å². The Bertz CT molecular complexity index is 580. The van der Waals surface area contributed by atoms with E-state index in [-0.39, 0.29) is 5.91 Å². The second kappa shape index (κ2) is 6.91. The van der Waals surface area contributed by atoms with Crippen LogP contribution in [0.5, 0.6) is 0 Å². The smallest absolute Gasteiger partial charge is 0.227 e. The number of benzene rings is 2. The lowest BCUT2D eigenvalue weighted by molar-refractivity contribution is -0.129. The summed E-state index contributed by atoms with van der Waals surface area (Å²) < 4.78 is 1.02. The summed E-state index contributed by atoms with van der Waals surface area (Å²) in [6.45, 7) is 0.590. The molecule has 0 bridgehead atoms. The Balaban J connectivity index is 1.94. The van der Waals surface area contributed by atoms with E-state index in [9.17, 15) is 4.79 Å². The van der Waals surface area contributed by atoms with E-state index in [0.29, 0.717) is 18.0 Å². The Morgan fingerprint density at radius 2 is 1.60 bits per heavy atom. The van der Waals surface area contributed by atoms with Gasteiger partial charge in [0.2, 0.25) is 5.91 Å². The number of nitrogens with zero attached hydrogens (tertiary/aromatic N) is 1. The minimum atomic E-state index is 0.0993. The zero-order valence-corrected chi connectivity index (χ0v) is 13.5. The van der Waals surface area contributed by atoms with Crippen LogP contribution in [0, 0.1) is 0 Å². The Labute approximate surface area is 132 Å². The maximum Gasteiger partial charge on any atom is 0.227 e. The van der Waals surface area contributed by atoms with Crippen molar-refractivity contribution in [3.8, 4) is 0 Å². The third-order valence-corrected chi connectivity index (χ3v) is 3.81. The molecule has 0 unspecified atom stereocenters. The first-order chi connectivity index (χ1) is 9.54. The van der Waals surface area contributed by atoms with Gasteiger partial charge in [0.25, 0.3) is 0 Å². The van der Waals surface area contributed by atoms with Crippen LogP contribution in [-0.2, 0) is 17.8 Å². The van der Waals surface area contributed by atoms with Gasteiger partial charge in [-0.05, 0) is 35.4 Å². The van der Waals surface area contributed by atoms with Gasteiger partial charge < -0.3 is 4.90 Å². The SMILES string of the molecule is CN(Cc1ccc(Cl)cc1)C(=O)Cc1ccc(Br)cc1. The van der Waals surface area contributed by atoms with E-state index in [2.05, 4.69) is 15.9 Å². The van der Waals surface area contributed by atoms with Crippen LogP contribution in [0.3, 0.4) is 0 Å². The summed E-state index contributed by atoms with van der Waals surface area (Å²) in [5.41, 5.74) is 2.09. The lowest BCUT2D eigenvalue weighted by Gasteiger charge is -2.17. The standard InChI is InChI=1S/C16H15BrClNO/c1-19(11-13-4-8-15(18)9-5-13)16(20)10-12-2-6-14(17)7-3-12/h2-9H,10-11H2,1H3. The Hall–Kier alpha value is -1.32. The van der Waals surface area contributed by atoms with E-state index in [1.54, 1.807) is 4.90 Å². The van der Waals surface area contributed by atoms with Gasteiger partial charge in [0.1, 0.15) is 0 Å². The van der Waals surface area contributed by atoms with Gasteiger partial charge in [0.05, 0.1) is 6.42 Å². The van der Waals surface area contributed by atoms with Gasteiger partial charge in [0, 0.05) is 23.1 Å². The highest BCUT2D eigenvalue weighted by Crippen LogP contribution is 2.13. The number of likely N-dealkylation sites (N-methyl/N-ethyl adjacent to an activating group) is 1. The zero-order chi connectivity index (χ0) is 14.5. The number of amides is 1. The van der Waals surface area contributed by atoms with Crippen molar-refractivity contribution in [1.82, 2.24) is 4.90 Å². The molecule has 0 radical (unpaired) electrons. The fourth-order valence-electron chi connectivity index (χ4n) is 1.86. The Morgan fingerprint density at radius 3 is 2.20 bits per heavy atom. The number of carbonyl (C=O) groups is 1.